The zero-order valence-electron chi connectivity index (χ0n) is 21.0. The fourth-order valence-corrected chi connectivity index (χ4v) is 5.22. The second kappa shape index (κ2) is 9.05. The van der Waals surface area contributed by atoms with Crippen molar-refractivity contribution in [1.82, 2.24) is 15.0 Å². The quantitative estimate of drug-likeness (QED) is 0.389. The number of nitrogens with one attached hydrogen (secondary N) is 1. The Hall–Kier alpha value is -4.06. The van der Waals surface area contributed by atoms with Crippen LogP contribution in [0.25, 0.3) is 32.9 Å². The number of amides is 2. The lowest BCUT2D eigenvalue weighted by molar-refractivity contribution is -0.274. The number of hydrogen-bond acceptors (Lipinski definition) is 6. The van der Waals surface area contributed by atoms with Crippen molar-refractivity contribution in [1.29, 1.82) is 0 Å². The molecular formula is C26H25F3N4O5. The number of aromatic nitrogens is 2. The van der Waals surface area contributed by atoms with E-state index in [1.807, 2.05) is 13.8 Å². The number of hydrogen-bond donors (Lipinski definition) is 2. The molecule has 5 rings (SSSR count). The first-order chi connectivity index (χ1) is 17.8. The molecule has 2 aromatic heterocycles. The number of carbonyl (C=O) groups excluding carboxylic acids is 2. The summed E-state index contributed by atoms with van der Waals surface area (Å²) in [6, 6.07) is 5.51. The average Bonchev–Trinajstić information content (AvgIpc) is 3.34. The maximum atomic E-state index is 13.8. The minimum Gasteiger partial charge on any atom is -0.406 e. The zero-order valence-corrected chi connectivity index (χ0v) is 21.0. The highest BCUT2D eigenvalue weighted by Crippen LogP contribution is 2.39. The summed E-state index contributed by atoms with van der Waals surface area (Å²) in [5, 5.41) is 4.74. The molecule has 200 valence electrons. The van der Waals surface area contributed by atoms with E-state index in [2.05, 4.69) is 14.9 Å². The second-order valence-electron chi connectivity index (χ2n) is 9.54. The number of benzene rings is 2. The first-order valence-electron chi connectivity index (χ1n) is 11.9. The van der Waals surface area contributed by atoms with Gasteiger partial charge >= 0.3 is 6.36 Å². The second-order valence-corrected chi connectivity index (χ2v) is 9.54. The Bertz CT molecular complexity index is 1560. The van der Waals surface area contributed by atoms with Gasteiger partial charge in [-0.2, -0.15) is 0 Å². The predicted molar refractivity (Wildman–Crippen MR) is 132 cm³/mol. The van der Waals surface area contributed by atoms with Crippen LogP contribution in [0.15, 0.2) is 28.8 Å². The summed E-state index contributed by atoms with van der Waals surface area (Å²) in [5.41, 5.74) is 8.02. The van der Waals surface area contributed by atoms with Crippen molar-refractivity contribution in [2.75, 3.05) is 13.1 Å². The molecule has 0 aliphatic carbocycles. The highest BCUT2D eigenvalue weighted by molar-refractivity contribution is 6.22. The Morgan fingerprint density at radius 2 is 1.79 bits per heavy atom. The van der Waals surface area contributed by atoms with E-state index >= 15 is 0 Å². The number of rotatable bonds is 4. The number of alkyl halides is 3. The van der Waals surface area contributed by atoms with E-state index in [1.54, 1.807) is 26.0 Å². The molecular weight excluding hydrogens is 505 g/mol. The Morgan fingerprint density at radius 1 is 1.11 bits per heavy atom. The van der Waals surface area contributed by atoms with E-state index in [4.69, 9.17) is 15.0 Å². The molecule has 1 aliphatic heterocycles. The van der Waals surface area contributed by atoms with Crippen LogP contribution in [0.3, 0.4) is 0 Å². The molecule has 3 N–H and O–H groups in total. The van der Waals surface area contributed by atoms with Gasteiger partial charge in [0.25, 0.3) is 11.8 Å². The molecule has 2 amide bonds. The molecule has 2 aromatic carbocycles. The molecule has 2 unspecified atom stereocenters. The summed E-state index contributed by atoms with van der Waals surface area (Å²) in [6.07, 6.45) is -5.50. The summed E-state index contributed by atoms with van der Waals surface area (Å²) < 4.78 is 54.7. The number of aromatic amines is 1. The van der Waals surface area contributed by atoms with Gasteiger partial charge in [0.1, 0.15) is 11.5 Å². The molecule has 0 saturated carbocycles. The van der Waals surface area contributed by atoms with Crippen LogP contribution >= 0.6 is 0 Å². The lowest BCUT2D eigenvalue weighted by atomic mass is 9.96. The molecule has 0 bridgehead atoms. The molecule has 1 fully saturated rings. The van der Waals surface area contributed by atoms with Crippen molar-refractivity contribution in [3.8, 4) is 16.9 Å². The fourth-order valence-electron chi connectivity index (χ4n) is 5.22. The number of fused-ring (bicyclic) bond motifs is 3. The first-order valence-corrected chi connectivity index (χ1v) is 11.9. The third-order valence-electron chi connectivity index (χ3n) is 6.54. The topological polar surface area (TPSA) is 124 Å². The van der Waals surface area contributed by atoms with E-state index in [0.717, 1.165) is 12.1 Å². The molecule has 3 heterocycles. The molecule has 2 atom stereocenters. The third-order valence-corrected chi connectivity index (χ3v) is 6.54. The highest BCUT2D eigenvalue weighted by Gasteiger charge is 2.34. The van der Waals surface area contributed by atoms with Crippen LogP contribution in [-0.2, 0) is 4.74 Å². The molecule has 1 aliphatic rings. The standard InChI is InChI=1S/C26H25F3N4O5/c1-11-9-33(10-12(2)36-11)25(35)18-7-16(37-26(27,28)29)8-20-22(18)17-5-15(21-13(3)32-38-14(21)4)6-19(24(30)34)23(17)31-20/h5-8,11-12,31H,9-10H2,1-4H3,(H2,30,34). The van der Waals surface area contributed by atoms with Gasteiger partial charge in [0.2, 0.25) is 0 Å². The van der Waals surface area contributed by atoms with Crippen molar-refractivity contribution < 1.29 is 36.8 Å². The van der Waals surface area contributed by atoms with Crippen molar-refractivity contribution in [3.63, 3.8) is 0 Å². The molecule has 9 nitrogen and oxygen atoms in total. The van der Waals surface area contributed by atoms with Gasteiger partial charge in [0.15, 0.2) is 0 Å². The van der Waals surface area contributed by atoms with Crippen LogP contribution in [0.5, 0.6) is 5.75 Å². The van der Waals surface area contributed by atoms with Gasteiger partial charge in [-0.25, -0.2) is 0 Å². The summed E-state index contributed by atoms with van der Waals surface area (Å²) in [7, 11) is 0. The molecule has 12 heteroatoms. The Balaban J connectivity index is 1.81. The number of primary amides is 1. The molecule has 0 spiro atoms. The van der Waals surface area contributed by atoms with Gasteiger partial charge in [0.05, 0.1) is 40.1 Å². The van der Waals surface area contributed by atoms with Crippen LogP contribution in [0.1, 0.15) is 46.0 Å². The molecule has 1 saturated heterocycles. The van der Waals surface area contributed by atoms with Gasteiger partial charge in [-0.15, -0.1) is 13.2 Å². The van der Waals surface area contributed by atoms with E-state index in [0.29, 0.717) is 33.4 Å². The van der Waals surface area contributed by atoms with Crippen LogP contribution in [-0.4, -0.2) is 58.5 Å². The summed E-state index contributed by atoms with van der Waals surface area (Å²) in [5.74, 6) is -1.31. The predicted octanol–water partition coefficient (Wildman–Crippen LogP) is 4.84. The third kappa shape index (κ3) is 4.55. The number of nitrogens with zero attached hydrogens (tertiary/aromatic N) is 2. The maximum Gasteiger partial charge on any atom is 0.573 e. The largest absolute Gasteiger partial charge is 0.573 e. The Kier molecular flexibility index (Phi) is 6.09. The van der Waals surface area contributed by atoms with E-state index in [9.17, 15) is 22.8 Å². The summed E-state index contributed by atoms with van der Waals surface area (Å²) in [6.45, 7) is 7.61. The van der Waals surface area contributed by atoms with Crippen molar-refractivity contribution in [3.05, 3.63) is 46.8 Å². The van der Waals surface area contributed by atoms with Crippen molar-refractivity contribution >= 4 is 33.6 Å². The van der Waals surface area contributed by atoms with Crippen molar-refractivity contribution in [2.45, 2.75) is 46.3 Å². The van der Waals surface area contributed by atoms with Gasteiger partial charge in [-0.05, 0) is 51.5 Å². The molecule has 38 heavy (non-hydrogen) atoms. The smallest absolute Gasteiger partial charge is 0.406 e. The number of morpholine rings is 1. The van der Waals surface area contributed by atoms with Crippen molar-refractivity contribution in [2.24, 2.45) is 5.73 Å². The minimum absolute atomic E-state index is 0.0133. The van der Waals surface area contributed by atoms with Gasteiger partial charge in [0, 0.05) is 35.5 Å². The summed E-state index contributed by atoms with van der Waals surface area (Å²) in [4.78, 5) is 30.8. The number of halogens is 3. The Labute approximate surface area is 214 Å². The lowest BCUT2D eigenvalue weighted by Crippen LogP contribution is -2.48. The van der Waals surface area contributed by atoms with Gasteiger partial charge < -0.3 is 29.6 Å². The number of aryl methyl sites for hydroxylation is 2. The normalized spacial score (nSPS) is 18.3. The lowest BCUT2D eigenvalue weighted by Gasteiger charge is -2.35. The Morgan fingerprint density at radius 3 is 2.37 bits per heavy atom. The van der Waals surface area contributed by atoms with E-state index < -0.39 is 23.9 Å². The number of nitrogens with two attached hydrogens (primary N) is 1. The van der Waals surface area contributed by atoms with Gasteiger partial charge in [-0.3, -0.25) is 9.59 Å². The average molecular weight is 531 g/mol. The van der Waals surface area contributed by atoms with E-state index in [-0.39, 0.29) is 47.5 Å². The van der Waals surface area contributed by atoms with Crippen LogP contribution in [0.4, 0.5) is 13.2 Å². The molecule has 0 radical (unpaired) electrons. The highest BCUT2D eigenvalue weighted by atomic mass is 19.4. The fraction of sp³-hybridized carbons (Fsp3) is 0.346. The minimum atomic E-state index is -4.98. The first kappa shape index (κ1) is 25.6. The maximum absolute atomic E-state index is 13.8. The monoisotopic (exact) mass is 530 g/mol. The van der Waals surface area contributed by atoms with Crippen LogP contribution < -0.4 is 10.5 Å². The number of carbonyl (C=O) groups is 2. The molecule has 4 aromatic rings. The number of H-pyrrole nitrogens is 1. The summed E-state index contributed by atoms with van der Waals surface area (Å²) >= 11 is 0. The zero-order chi connectivity index (χ0) is 27.5. The van der Waals surface area contributed by atoms with E-state index in [1.165, 1.54) is 4.90 Å². The number of ether oxygens (including phenoxy) is 2. The SMILES string of the molecule is Cc1noc(C)c1-c1cc(C(N)=O)c2[nH]c3cc(OC(F)(F)F)cc(C(=O)N4CC(C)OC(C)C4)c3c2c1. The van der Waals surface area contributed by atoms with Crippen LogP contribution in [0.2, 0.25) is 0 Å². The van der Waals surface area contributed by atoms with Crippen LogP contribution in [0, 0.1) is 13.8 Å². The van der Waals surface area contributed by atoms with Gasteiger partial charge in [-0.1, -0.05) is 5.16 Å².